The average Bonchev–Trinajstić information content (AvgIpc) is 2.41. The summed E-state index contributed by atoms with van der Waals surface area (Å²) in [6.07, 6.45) is 0. The summed E-state index contributed by atoms with van der Waals surface area (Å²) in [5, 5.41) is 23.1. The van der Waals surface area contributed by atoms with Crippen LogP contribution in [0.3, 0.4) is 0 Å². The van der Waals surface area contributed by atoms with Gasteiger partial charge in [0, 0.05) is 0 Å². The molecule has 0 fully saturated rings. The number of benzene rings is 2. The normalized spacial score (nSPS) is 9.90. The van der Waals surface area contributed by atoms with Crippen LogP contribution in [0, 0.1) is 0 Å². The van der Waals surface area contributed by atoms with Crippen LogP contribution in [0.4, 0.5) is 0 Å². The second-order valence-corrected chi connectivity index (χ2v) is 4.06. The van der Waals surface area contributed by atoms with E-state index in [1.165, 1.54) is 24.3 Å². The van der Waals surface area contributed by atoms with Crippen LogP contribution in [-0.2, 0) is 15.0 Å². The Labute approximate surface area is 166 Å². The number of hydrogen-bond donors (Lipinski definition) is 0. The molecule has 0 aliphatic rings. The number of aliphatic carboxylic acids is 2. The van der Waals surface area contributed by atoms with Gasteiger partial charge in [-0.15, -0.1) is 0 Å². The van der Waals surface area contributed by atoms with Gasteiger partial charge in [0.05, 0.1) is 17.4 Å². The first-order valence-corrected chi connectivity index (χ1v) is 5.64. The van der Waals surface area contributed by atoms with Gasteiger partial charge in [0.15, 0.2) is 0 Å². The van der Waals surface area contributed by atoms with Crippen LogP contribution in [0.5, 0.6) is 0 Å². The first kappa shape index (κ1) is 20.4. The van der Waals surface area contributed by atoms with Crippen molar-refractivity contribution < 1.29 is 78.9 Å². The molecule has 2 aromatic rings. The number of carboxylic acids is 2. The molecule has 6 heteroatoms. The van der Waals surface area contributed by atoms with E-state index >= 15 is 0 Å². The molecule has 2 aromatic carbocycles. The van der Waals surface area contributed by atoms with Gasteiger partial charge in [-0.2, -0.15) is 0 Å². The van der Waals surface area contributed by atoms with Gasteiger partial charge in [0.2, 0.25) is 0 Å². The molecule has 96 valence electrons. The summed E-state index contributed by atoms with van der Waals surface area (Å²) in [5.41, 5.74) is -2.11. The second kappa shape index (κ2) is 8.73. The second-order valence-electron chi connectivity index (χ2n) is 4.06. The number of carbonyl (C=O) groups is 2. The van der Waals surface area contributed by atoms with Crippen molar-refractivity contribution in [3.8, 4) is 0 Å². The Balaban J connectivity index is 0.00000200. The molecule has 0 unspecified atom stereocenters. The van der Waals surface area contributed by atoms with E-state index in [2.05, 4.69) is 0 Å². The molecule has 4 nitrogen and oxygen atoms in total. The molecule has 0 spiro atoms. The minimum Gasteiger partial charge on any atom is -0.548 e. The topological polar surface area (TPSA) is 80.3 Å². The quantitative estimate of drug-likeness (QED) is 0.415. The SMILES string of the molecule is O=C([O-])C(C(=O)[O-])(c1ccccc1)c1ccccc1.[Na+].[Na+]. The van der Waals surface area contributed by atoms with E-state index in [1.54, 1.807) is 36.4 Å². The molecule has 0 aliphatic heterocycles. The van der Waals surface area contributed by atoms with Gasteiger partial charge in [0.25, 0.3) is 0 Å². The maximum atomic E-state index is 11.5. The smallest absolute Gasteiger partial charge is 0.548 e. The summed E-state index contributed by atoms with van der Waals surface area (Å²) in [6, 6.07) is 15.3. The average molecular weight is 300 g/mol. The molecule has 2 rings (SSSR count). The summed E-state index contributed by atoms with van der Waals surface area (Å²) in [6.45, 7) is 0. The van der Waals surface area contributed by atoms with E-state index in [0.29, 0.717) is 0 Å². The monoisotopic (exact) mass is 300 g/mol. The molecule has 21 heavy (non-hydrogen) atoms. The number of hydrogen-bond acceptors (Lipinski definition) is 4. The molecule has 0 heterocycles. The van der Waals surface area contributed by atoms with Crippen LogP contribution < -0.4 is 69.3 Å². The molecule has 0 aliphatic carbocycles. The number of carboxylic acid groups (broad SMARTS) is 2. The largest absolute Gasteiger partial charge is 1.00 e. The summed E-state index contributed by atoms with van der Waals surface area (Å²) in [4.78, 5) is 23.1. The van der Waals surface area contributed by atoms with Crippen molar-refractivity contribution in [1.82, 2.24) is 0 Å². The van der Waals surface area contributed by atoms with E-state index in [-0.39, 0.29) is 70.2 Å². The van der Waals surface area contributed by atoms with Crippen molar-refractivity contribution in [2.45, 2.75) is 5.41 Å². The third kappa shape index (κ3) is 3.77. The zero-order valence-electron chi connectivity index (χ0n) is 11.9. The third-order valence-corrected chi connectivity index (χ3v) is 3.03. The molecule has 0 radical (unpaired) electrons. The molecular formula is C15H10Na2O4. The fraction of sp³-hybridized carbons (Fsp3) is 0.0667. The van der Waals surface area contributed by atoms with Crippen molar-refractivity contribution in [1.29, 1.82) is 0 Å². The Hall–Kier alpha value is -0.620. The fourth-order valence-corrected chi connectivity index (χ4v) is 2.10. The maximum absolute atomic E-state index is 11.5. The van der Waals surface area contributed by atoms with E-state index < -0.39 is 17.4 Å². The van der Waals surface area contributed by atoms with Gasteiger partial charge in [-0.3, -0.25) is 0 Å². The van der Waals surface area contributed by atoms with E-state index in [1.807, 2.05) is 0 Å². The molecule has 0 amide bonds. The Kier molecular flexibility index (Phi) is 8.48. The third-order valence-electron chi connectivity index (χ3n) is 3.03. The Bertz CT molecular complexity index is 544. The van der Waals surface area contributed by atoms with Gasteiger partial charge >= 0.3 is 59.1 Å². The van der Waals surface area contributed by atoms with Crippen molar-refractivity contribution in [3.05, 3.63) is 71.8 Å². The fourth-order valence-electron chi connectivity index (χ4n) is 2.10. The Morgan fingerprint density at radius 1 is 0.667 bits per heavy atom. The first-order valence-electron chi connectivity index (χ1n) is 5.64. The maximum Gasteiger partial charge on any atom is 1.00 e. The van der Waals surface area contributed by atoms with Gasteiger partial charge in [0.1, 0.15) is 0 Å². The standard InChI is InChI=1S/C15H12O4.2Na/c16-13(17)15(14(18)19,11-7-3-1-4-8-11)12-9-5-2-6-10-12;;/h1-10H,(H,16,17)(H,18,19);;/q;2*+1/p-2. The molecular weight excluding hydrogens is 290 g/mol. The minimum atomic E-state index is -2.30. The van der Waals surface area contributed by atoms with Crippen LogP contribution in [-0.4, -0.2) is 11.9 Å². The number of carbonyl (C=O) groups excluding carboxylic acids is 2. The van der Waals surface area contributed by atoms with Gasteiger partial charge < -0.3 is 19.8 Å². The molecule has 0 atom stereocenters. The van der Waals surface area contributed by atoms with Crippen molar-refractivity contribution in [2.75, 3.05) is 0 Å². The zero-order valence-corrected chi connectivity index (χ0v) is 15.9. The minimum absolute atomic E-state index is 0. The van der Waals surface area contributed by atoms with Gasteiger partial charge in [-0.25, -0.2) is 0 Å². The summed E-state index contributed by atoms with van der Waals surface area (Å²) in [7, 11) is 0. The van der Waals surface area contributed by atoms with Gasteiger partial charge in [-0.1, -0.05) is 60.7 Å². The Morgan fingerprint density at radius 2 is 0.952 bits per heavy atom. The van der Waals surface area contributed by atoms with Gasteiger partial charge in [-0.05, 0) is 11.1 Å². The number of rotatable bonds is 4. The summed E-state index contributed by atoms with van der Waals surface area (Å²) >= 11 is 0. The molecule has 0 saturated carbocycles. The molecule has 0 aromatic heterocycles. The summed E-state index contributed by atoms with van der Waals surface area (Å²) in [5.74, 6) is -3.44. The van der Waals surface area contributed by atoms with Crippen LogP contribution in [0.2, 0.25) is 0 Å². The molecule has 0 N–H and O–H groups in total. The zero-order chi connectivity index (χ0) is 13.9. The van der Waals surface area contributed by atoms with Crippen LogP contribution >= 0.6 is 0 Å². The predicted octanol–water partition coefficient (Wildman–Crippen LogP) is -6.52. The van der Waals surface area contributed by atoms with E-state index in [9.17, 15) is 19.8 Å². The summed E-state index contributed by atoms with van der Waals surface area (Å²) < 4.78 is 0. The van der Waals surface area contributed by atoms with E-state index in [0.717, 1.165) is 0 Å². The van der Waals surface area contributed by atoms with Crippen LogP contribution in [0.25, 0.3) is 0 Å². The van der Waals surface area contributed by atoms with Crippen molar-refractivity contribution in [2.24, 2.45) is 0 Å². The molecule has 0 bridgehead atoms. The molecule has 0 saturated heterocycles. The van der Waals surface area contributed by atoms with Crippen LogP contribution in [0.1, 0.15) is 11.1 Å². The van der Waals surface area contributed by atoms with Crippen molar-refractivity contribution in [3.63, 3.8) is 0 Å². The predicted molar refractivity (Wildman–Crippen MR) is 63.7 cm³/mol. The first-order chi connectivity index (χ1) is 9.10. The van der Waals surface area contributed by atoms with Crippen LogP contribution in [0.15, 0.2) is 60.7 Å². The Morgan fingerprint density at radius 3 is 1.19 bits per heavy atom. The van der Waals surface area contributed by atoms with E-state index in [4.69, 9.17) is 0 Å². The van der Waals surface area contributed by atoms with Crippen molar-refractivity contribution >= 4 is 11.9 Å².